The number of carbonyl (C=O) groups excluding carboxylic acids is 3. The second kappa shape index (κ2) is 10.8. The van der Waals surface area contributed by atoms with Gasteiger partial charge in [-0.15, -0.1) is 0 Å². The number of nitrogens with zero attached hydrogens (tertiary/aromatic N) is 3. The molecular weight excluding hydrogens is 474 g/mol. The second-order valence-electron chi connectivity index (χ2n) is 7.83. The second-order valence-corrected chi connectivity index (χ2v) is 9.20. The van der Waals surface area contributed by atoms with Crippen molar-refractivity contribution >= 4 is 63.5 Å². The summed E-state index contributed by atoms with van der Waals surface area (Å²) in [4.78, 5) is 48.5. The Bertz CT molecular complexity index is 1180. The molecule has 3 amide bonds. The number of hydrogen-bond acceptors (Lipinski definition) is 6. The first-order valence-corrected chi connectivity index (χ1v) is 12.4. The predicted octanol–water partition coefficient (Wildman–Crippen LogP) is 3.98. The fraction of sp³-hybridized carbons (Fsp3) is 0.292. The summed E-state index contributed by atoms with van der Waals surface area (Å²) >= 11 is 7.18. The normalized spacial score (nSPS) is 16.4. The summed E-state index contributed by atoms with van der Waals surface area (Å²) in [6.45, 7) is 2.60. The van der Waals surface area contributed by atoms with E-state index in [9.17, 15) is 14.4 Å². The highest BCUT2D eigenvalue weighted by molar-refractivity contribution is 8.14. The molecule has 0 spiro atoms. The van der Waals surface area contributed by atoms with E-state index in [0.29, 0.717) is 33.9 Å². The number of nitrogens with one attached hydrogen (secondary N) is 2. The Hall–Kier alpha value is -3.17. The first-order chi connectivity index (χ1) is 16.5. The monoisotopic (exact) mass is 497 g/mol. The third-order valence-electron chi connectivity index (χ3n) is 5.28. The van der Waals surface area contributed by atoms with Crippen LogP contribution < -0.4 is 10.6 Å². The van der Waals surface area contributed by atoms with Gasteiger partial charge in [0.05, 0.1) is 17.9 Å². The lowest BCUT2D eigenvalue weighted by Gasteiger charge is -2.30. The number of fused-ring (bicyclic) bond motifs is 3. The van der Waals surface area contributed by atoms with Crippen LogP contribution in [0.5, 0.6) is 0 Å². The average molecular weight is 498 g/mol. The molecule has 0 saturated carbocycles. The first-order valence-electron chi connectivity index (χ1n) is 11.0. The molecule has 2 aliphatic heterocycles. The molecule has 2 aromatic rings. The van der Waals surface area contributed by atoms with Crippen LogP contribution in [0.25, 0.3) is 0 Å². The fourth-order valence-electron chi connectivity index (χ4n) is 3.65. The van der Waals surface area contributed by atoms with E-state index in [4.69, 9.17) is 11.6 Å². The summed E-state index contributed by atoms with van der Waals surface area (Å²) in [6, 6.07) is 13.5. The molecule has 34 heavy (non-hydrogen) atoms. The maximum atomic E-state index is 12.8. The number of anilines is 1. The van der Waals surface area contributed by atoms with Crippen molar-refractivity contribution in [2.45, 2.75) is 32.2 Å². The van der Waals surface area contributed by atoms with Gasteiger partial charge in [0.15, 0.2) is 5.17 Å². The molecule has 0 fully saturated rings. The van der Waals surface area contributed by atoms with E-state index in [1.807, 2.05) is 31.2 Å². The van der Waals surface area contributed by atoms with Crippen LogP contribution in [-0.2, 0) is 14.4 Å². The van der Waals surface area contributed by atoms with Gasteiger partial charge in [0.1, 0.15) is 11.9 Å². The molecule has 2 aliphatic rings. The Morgan fingerprint density at radius 2 is 1.94 bits per heavy atom. The molecule has 0 aliphatic carbocycles. The lowest BCUT2D eigenvalue weighted by Crippen LogP contribution is -2.46. The molecule has 2 heterocycles. The number of halogens is 1. The summed E-state index contributed by atoms with van der Waals surface area (Å²) in [5.74, 6) is -0.341. The molecule has 0 radical (unpaired) electrons. The van der Waals surface area contributed by atoms with Crippen LogP contribution in [-0.4, -0.2) is 52.0 Å². The standard InChI is InChI=1S/C24H24ClN5O3S/c1-2-3-11-26-20(31)13-19-23(33)29-22-17-9-4-5-10-18(17)28-24(30(19)22)34-14-21(32)27-16-8-6-7-15(25)12-16/h4-10,12,19H,2-3,11,13-14H2,1H3,(H,26,31)(H,27,32). The van der Waals surface area contributed by atoms with Gasteiger partial charge in [0, 0.05) is 22.8 Å². The molecule has 0 bridgehead atoms. The van der Waals surface area contributed by atoms with Gasteiger partial charge in [-0.25, -0.2) is 4.99 Å². The van der Waals surface area contributed by atoms with Crippen LogP contribution in [0.2, 0.25) is 5.02 Å². The highest BCUT2D eigenvalue weighted by Gasteiger charge is 2.42. The van der Waals surface area contributed by atoms with E-state index in [1.165, 1.54) is 11.8 Å². The minimum Gasteiger partial charge on any atom is -0.356 e. The van der Waals surface area contributed by atoms with Crippen LogP contribution in [0.1, 0.15) is 31.7 Å². The van der Waals surface area contributed by atoms with Crippen molar-refractivity contribution in [2.24, 2.45) is 9.98 Å². The number of carbonyl (C=O) groups is 3. The molecule has 0 aromatic heterocycles. The molecule has 0 saturated heterocycles. The van der Waals surface area contributed by atoms with Crippen LogP contribution in [0.15, 0.2) is 58.5 Å². The number of benzene rings is 2. The largest absolute Gasteiger partial charge is 0.356 e. The molecule has 176 valence electrons. The Kier molecular flexibility index (Phi) is 7.64. The molecule has 4 rings (SSSR count). The minimum atomic E-state index is -0.799. The van der Waals surface area contributed by atoms with Gasteiger partial charge in [-0.1, -0.05) is 54.9 Å². The van der Waals surface area contributed by atoms with E-state index in [2.05, 4.69) is 20.6 Å². The van der Waals surface area contributed by atoms with Crippen molar-refractivity contribution in [3.05, 3.63) is 59.1 Å². The Morgan fingerprint density at radius 1 is 1.12 bits per heavy atom. The molecule has 2 aromatic carbocycles. The molecule has 8 nitrogen and oxygen atoms in total. The molecule has 1 atom stereocenters. The van der Waals surface area contributed by atoms with Gasteiger partial charge < -0.3 is 10.6 Å². The summed E-state index contributed by atoms with van der Waals surface area (Å²) in [6.07, 6.45) is 1.79. The zero-order chi connectivity index (χ0) is 24.1. The van der Waals surface area contributed by atoms with Gasteiger partial charge in [-0.05, 0) is 36.8 Å². The van der Waals surface area contributed by atoms with Crippen LogP contribution >= 0.6 is 23.4 Å². The van der Waals surface area contributed by atoms with E-state index in [1.54, 1.807) is 29.2 Å². The van der Waals surface area contributed by atoms with Crippen LogP contribution in [0, 0.1) is 0 Å². The first kappa shape index (κ1) is 24.0. The maximum absolute atomic E-state index is 12.8. The number of aliphatic imine (C=N–C) groups is 2. The van der Waals surface area contributed by atoms with Crippen molar-refractivity contribution in [3.8, 4) is 0 Å². The van der Waals surface area contributed by atoms with Gasteiger partial charge in [0.2, 0.25) is 11.8 Å². The van der Waals surface area contributed by atoms with Crippen molar-refractivity contribution in [2.75, 3.05) is 17.6 Å². The number of unbranched alkanes of at least 4 members (excludes halogenated alkanes) is 1. The smallest absolute Gasteiger partial charge is 0.271 e. The third-order valence-corrected chi connectivity index (χ3v) is 6.47. The van der Waals surface area contributed by atoms with Gasteiger partial charge in [-0.2, -0.15) is 4.99 Å². The fourth-order valence-corrected chi connectivity index (χ4v) is 4.69. The highest BCUT2D eigenvalue weighted by atomic mass is 35.5. The number of hydrogen-bond donors (Lipinski definition) is 2. The highest BCUT2D eigenvalue weighted by Crippen LogP contribution is 2.34. The SMILES string of the molecule is CCCCNC(=O)CC1C(=O)N=C2c3ccccc3N=C(SCC(=O)Nc3cccc(Cl)c3)N21. The summed E-state index contributed by atoms with van der Waals surface area (Å²) in [5.41, 5.74) is 1.97. The molecule has 2 N–H and O–H groups in total. The van der Waals surface area contributed by atoms with E-state index < -0.39 is 11.9 Å². The van der Waals surface area contributed by atoms with Crippen molar-refractivity contribution in [1.29, 1.82) is 0 Å². The topological polar surface area (TPSA) is 103 Å². The Labute approximate surface area is 206 Å². The molecular formula is C24H24ClN5O3S. The lowest BCUT2D eigenvalue weighted by molar-refractivity contribution is -0.126. The Morgan fingerprint density at radius 3 is 2.74 bits per heavy atom. The lowest BCUT2D eigenvalue weighted by atomic mass is 10.1. The van der Waals surface area contributed by atoms with Crippen molar-refractivity contribution < 1.29 is 14.4 Å². The van der Waals surface area contributed by atoms with E-state index in [-0.39, 0.29) is 24.0 Å². The molecule has 10 heteroatoms. The van der Waals surface area contributed by atoms with Gasteiger partial charge >= 0.3 is 0 Å². The number of thioether (sulfide) groups is 1. The number of amides is 3. The number of amidine groups is 2. The zero-order valence-corrected chi connectivity index (χ0v) is 20.2. The van der Waals surface area contributed by atoms with Crippen LogP contribution in [0.4, 0.5) is 11.4 Å². The average Bonchev–Trinajstić information content (AvgIpc) is 3.14. The van der Waals surface area contributed by atoms with Gasteiger partial charge in [0.25, 0.3) is 5.91 Å². The predicted molar refractivity (Wildman–Crippen MR) is 136 cm³/mol. The number of para-hydroxylation sites is 1. The quantitative estimate of drug-likeness (QED) is 0.537. The van der Waals surface area contributed by atoms with E-state index >= 15 is 0 Å². The molecule has 1 unspecified atom stereocenters. The summed E-state index contributed by atoms with van der Waals surface area (Å²) in [7, 11) is 0. The maximum Gasteiger partial charge on any atom is 0.271 e. The third kappa shape index (κ3) is 5.48. The van der Waals surface area contributed by atoms with Crippen LogP contribution in [0.3, 0.4) is 0 Å². The summed E-state index contributed by atoms with van der Waals surface area (Å²) in [5, 5.41) is 6.63. The number of rotatable bonds is 8. The van der Waals surface area contributed by atoms with Crippen molar-refractivity contribution in [1.82, 2.24) is 10.2 Å². The van der Waals surface area contributed by atoms with Crippen molar-refractivity contribution in [3.63, 3.8) is 0 Å². The Balaban J connectivity index is 1.51. The summed E-state index contributed by atoms with van der Waals surface area (Å²) < 4.78 is 0. The van der Waals surface area contributed by atoms with E-state index in [0.717, 1.165) is 18.4 Å². The minimum absolute atomic E-state index is 0.0357. The zero-order valence-electron chi connectivity index (χ0n) is 18.6. The van der Waals surface area contributed by atoms with Gasteiger partial charge in [-0.3, -0.25) is 19.3 Å².